The molecule has 11 heavy (non-hydrogen) atoms. The maximum Gasteiger partial charge on any atom is 0.412 e. The smallest absolute Gasteiger partial charge is 0.309 e. The van der Waals surface area contributed by atoms with Crippen molar-refractivity contribution in [2.24, 2.45) is 0 Å². The van der Waals surface area contributed by atoms with Crippen LogP contribution in [-0.2, 0) is 4.74 Å². The summed E-state index contributed by atoms with van der Waals surface area (Å²) in [5.74, 6) is 0. The van der Waals surface area contributed by atoms with E-state index in [1.54, 1.807) is 0 Å². The first kappa shape index (κ1) is 10.5. The van der Waals surface area contributed by atoms with Crippen molar-refractivity contribution in [3.8, 4) is 0 Å². The van der Waals surface area contributed by atoms with E-state index in [2.05, 4.69) is 4.74 Å². The van der Waals surface area contributed by atoms with Crippen molar-refractivity contribution in [3.05, 3.63) is 0 Å². The van der Waals surface area contributed by atoms with Crippen LogP contribution in [0.2, 0.25) is 0 Å². The van der Waals surface area contributed by atoms with Gasteiger partial charge in [-0.25, -0.2) is 4.39 Å². The lowest BCUT2D eigenvalue weighted by Crippen LogP contribution is -2.29. The summed E-state index contributed by atoms with van der Waals surface area (Å²) in [6.07, 6.45) is -9.20. The summed E-state index contributed by atoms with van der Waals surface area (Å²) < 4.78 is 70.6. The van der Waals surface area contributed by atoms with Crippen molar-refractivity contribution in [2.75, 3.05) is 13.3 Å². The van der Waals surface area contributed by atoms with Gasteiger partial charge in [-0.05, 0) is 0 Å². The van der Waals surface area contributed by atoms with Crippen LogP contribution in [0.1, 0.15) is 0 Å². The third-order valence-corrected chi connectivity index (χ3v) is 0.603. The van der Waals surface area contributed by atoms with Crippen LogP contribution in [-0.4, -0.2) is 25.6 Å². The lowest BCUT2D eigenvalue weighted by Gasteiger charge is -2.13. The first-order valence-corrected chi connectivity index (χ1v) is 2.41. The van der Waals surface area contributed by atoms with Gasteiger partial charge in [0, 0.05) is 0 Å². The van der Waals surface area contributed by atoms with E-state index in [1.807, 2.05) is 0 Å². The number of alkyl halides is 6. The fourth-order valence-electron chi connectivity index (χ4n) is 0.226. The predicted molar refractivity (Wildman–Crippen MR) is 22.9 cm³/mol. The van der Waals surface area contributed by atoms with Gasteiger partial charge in [0.2, 0.25) is 0 Å². The highest BCUT2D eigenvalue weighted by Gasteiger charge is 2.37. The van der Waals surface area contributed by atoms with E-state index in [0.29, 0.717) is 0 Å². The molecule has 0 aromatic rings. The maximum atomic E-state index is 11.6. The van der Waals surface area contributed by atoms with Gasteiger partial charge < -0.3 is 4.74 Å². The number of halogens is 6. The number of hydrogen-bond acceptors (Lipinski definition) is 1. The molecule has 0 unspecified atom stereocenters. The Morgan fingerprint density at radius 2 is 1.45 bits per heavy atom. The molecule has 0 bridgehead atoms. The van der Waals surface area contributed by atoms with Crippen LogP contribution in [0.25, 0.3) is 0 Å². The Balaban J connectivity index is 3.70. The molecule has 7 heteroatoms. The van der Waals surface area contributed by atoms with Crippen molar-refractivity contribution < 1.29 is 31.1 Å². The number of hydrogen-bond donors (Lipinski definition) is 0. The van der Waals surface area contributed by atoms with Crippen molar-refractivity contribution in [1.82, 2.24) is 0 Å². The van der Waals surface area contributed by atoms with Crippen LogP contribution >= 0.6 is 0 Å². The molecule has 0 rings (SSSR count). The molecule has 0 saturated heterocycles. The van der Waals surface area contributed by atoms with Gasteiger partial charge in [0.05, 0.1) is 0 Å². The van der Waals surface area contributed by atoms with Gasteiger partial charge in [0.25, 0.3) is 0 Å². The van der Waals surface area contributed by atoms with E-state index in [0.717, 1.165) is 0 Å². The monoisotopic (exact) mass is 182 g/mol. The third kappa shape index (κ3) is 5.96. The zero-order valence-corrected chi connectivity index (χ0v) is 5.09. The molecule has 0 saturated carbocycles. The van der Waals surface area contributed by atoms with E-state index in [4.69, 9.17) is 0 Å². The van der Waals surface area contributed by atoms with Gasteiger partial charge in [0.15, 0.2) is 6.67 Å². The number of ether oxygens (including phenoxy) is 1. The van der Waals surface area contributed by atoms with Crippen molar-refractivity contribution in [3.63, 3.8) is 0 Å². The molecule has 0 atom stereocenters. The number of rotatable bonds is 3. The Morgan fingerprint density at radius 3 is 1.73 bits per heavy atom. The second-order valence-electron chi connectivity index (χ2n) is 1.67. The molecule has 0 amide bonds. The van der Waals surface area contributed by atoms with E-state index in [9.17, 15) is 26.3 Å². The molecule has 0 heterocycles. The fraction of sp³-hybridized carbons (Fsp3) is 1.00. The summed E-state index contributed by atoms with van der Waals surface area (Å²) in [7, 11) is 0. The fourth-order valence-corrected chi connectivity index (χ4v) is 0.226. The van der Waals surface area contributed by atoms with E-state index >= 15 is 0 Å². The van der Waals surface area contributed by atoms with Gasteiger partial charge in [0.1, 0.15) is 6.61 Å². The summed E-state index contributed by atoms with van der Waals surface area (Å²) in [6, 6.07) is 0. The van der Waals surface area contributed by atoms with Crippen LogP contribution in [0.4, 0.5) is 26.3 Å². The first-order chi connectivity index (χ1) is 4.77. The molecule has 0 aliphatic heterocycles. The molecule has 1 nitrogen and oxygen atoms in total. The minimum atomic E-state index is -4.86. The van der Waals surface area contributed by atoms with Gasteiger partial charge in [-0.15, -0.1) is 0 Å². The average molecular weight is 182 g/mol. The highest BCUT2D eigenvalue weighted by molar-refractivity contribution is 4.52. The lowest BCUT2D eigenvalue weighted by molar-refractivity contribution is -0.292. The SMILES string of the molecule is FCC(F)(F)OCC(F)(F)F. The van der Waals surface area contributed by atoms with Crippen LogP contribution < -0.4 is 0 Å². The zero-order chi connectivity index (χ0) is 9.12. The standard InChI is InChI=1S/C4H4F6O/c5-1-4(9,10)11-2-3(6,7)8/h1-2H2. The quantitative estimate of drug-likeness (QED) is 0.607. The van der Waals surface area contributed by atoms with E-state index in [1.165, 1.54) is 0 Å². The van der Waals surface area contributed by atoms with Gasteiger partial charge >= 0.3 is 12.3 Å². The molecular formula is C4H4F6O. The second-order valence-corrected chi connectivity index (χ2v) is 1.67. The molecule has 0 aliphatic carbocycles. The Hall–Kier alpha value is -0.460. The highest BCUT2D eigenvalue weighted by Crippen LogP contribution is 2.21. The summed E-state index contributed by atoms with van der Waals surface area (Å²) in [5.41, 5.74) is 0. The van der Waals surface area contributed by atoms with Crippen LogP contribution in [0, 0.1) is 0 Å². The second kappa shape index (κ2) is 3.29. The molecule has 0 aromatic carbocycles. The predicted octanol–water partition coefficient (Wildman–Crippen LogP) is 2.13. The van der Waals surface area contributed by atoms with Crippen molar-refractivity contribution in [2.45, 2.75) is 12.3 Å². The Morgan fingerprint density at radius 1 is 1.00 bits per heavy atom. The lowest BCUT2D eigenvalue weighted by atomic mass is 10.6. The molecule has 0 radical (unpaired) electrons. The molecule has 68 valence electrons. The minimum Gasteiger partial charge on any atom is -0.309 e. The van der Waals surface area contributed by atoms with Crippen LogP contribution in [0.15, 0.2) is 0 Å². The Kier molecular flexibility index (Phi) is 3.15. The van der Waals surface area contributed by atoms with Gasteiger partial charge in [-0.2, -0.15) is 22.0 Å². The minimum absolute atomic E-state index is 2.15. The summed E-state index contributed by atoms with van der Waals surface area (Å²) >= 11 is 0. The summed E-state index contributed by atoms with van der Waals surface area (Å²) in [6.45, 7) is -4.41. The first-order valence-electron chi connectivity index (χ1n) is 2.41. The maximum absolute atomic E-state index is 11.6. The largest absolute Gasteiger partial charge is 0.412 e. The van der Waals surface area contributed by atoms with Crippen molar-refractivity contribution in [1.29, 1.82) is 0 Å². The van der Waals surface area contributed by atoms with E-state index in [-0.39, 0.29) is 0 Å². The molecule has 0 aliphatic rings. The van der Waals surface area contributed by atoms with Gasteiger partial charge in [-0.1, -0.05) is 0 Å². The zero-order valence-electron chi connectivity index (χ0n) is 5.09. The third-order valence-electron chi connectivity index (χ3n) is 0.603. The van der Waals surface area contributed by atoms with Crippen LogP contribution in [0.3, 0.4) is 0 Å². The molecular weight excluding hydrogens is 178 g/mol. The average Bonchev–Trinajstić information content (AvgIpc) is 1.83. The summed E-state index contributed by atoms with van der Waals surface area (Å²) in [5, 5.41) is 0. The topological polar surface area (TPSA) is 9.23 Å². The van der Waals surface area contributed by atoms with Crippen molar-refractivity contribution >= 4 is 0 Å². The molecule has 0 N–H and O–H groups in total. The molecule has 0 spiro atoms. The summed E-state index contributed by atoms with van der Waals surface area (Å²) in [4.78, 5) is 0. The Labute approximate surface area is 57.9 Å². The normalized spacial score (nSPS) is 13.6. The molecule has 0 aromatic heterocycles. The molecule has 0 fully saturated rings. The van der Waals surface area contributed by atoms with E-state index < -0.39 is 25.6 Å². The Bertz CT molecular complexity index is 118. The van der Waals surface area contributed by atoms with Gasteiger partial charge in [-0.3, -0.25) is 0 Å². The highest BCUT2D eigenvalue weighted by atomic mass is 19.4. The van der Waals surface area contributed by atoms with Crippen LogP contribution in [0.5, 0.6) is 0 Å².